The molecule has 0 aromatic heterocycles. The second-order valence-electron chi connectivity index (χ2n) is 4.53. The molecule has 0 rings (SSSR count). The van der Waals surface area contributed by atoms with E-state index in [4.69, 9.17) is 10.5 Å². The summed E-state index contributed by atoms with van der Waals surface area (Å²) in [6, 6.07) is 4.42. The third kappa shape index (κ3) is 11.4. The van der Waals surface area contributed by atoms with E-state index in [1.54, 1.807) is 22.0 Å². The van der Waals surface area contributed by atoms with Gasteiger partial charge in [0.2, 0.25) is 0 Å². The molecule has 0 aliphatic heterocycles. The lowest BCUT2D eigenvalue weighted by Crippen LogP contribution is -2.21. The van der Waals surface area contributed by atoms with Gasteiger partial charge in [0.25, 0.3) is 0 Å². The van der Waals surface area contributed by atoms with Gasteiger partial charge in [-0.15, -0.1) is 0 Å². The van der Waals surface area contributed by atoms with Crippen molar-refractivity contribution < 1.29 is 0 Å². The van der Waals surface area contributed by atoms with Crippen molar-refractivity contribution in [2.75, 3.05) is 26.2 Å². The maximum atomic E-state index is 8.71. The molecule has 0 fully saturated rings. The van der Waals surface area contributed by atoms with E-state index in [-0.39, 0.29) is 0 Å². The molecule has 4 nitrogen and oxygen atoms in total. The smallest absolute Gasteiger partial charge is 0.0635 e. The normalized spacial score (nSPS) is 10.7. The second-order valence-corrected chi connectivity index (χ2v) is 6.76. The van der Waals surface area contributed by atoms with Crippen LogP contribution in [0.5, 0.6) is 0 Å². The van der Waals surface area contributed by atoms with Gasteiger partial charge >= 0.3 is 0 Å². The van der Waals surface area contributed by atoms with Crippen LogP contribution in [0.15, 0.2) is 0 Å². The third-order valence-electron chi connectivity index (χ3n) is 2.71. The molecule has 0 aromatic carbocycles. The van der Waals surface area contributed by atoms with Crippen LogP contribution < -0.4 is 0 Å². The zero-order chi connectivity index (χ0) is 15.1. The van der Waals surface area contributed by atoms with Crippen molar-refractivity contribution >= 4 is 22.0 Å². The maximum Gasteiger partial charge on any atom is 0.0635 e. The highest BCUT2D eigenvalue weighted by Crippen LogP contribution is 2.30. The van der Waals surface area contributed by atoms with Crippen molar-refractivity contribution in [1.29, 1.82) is 10.5 Å². The largest absolute Gasteiger partial charge is 0.239 e. The summed E-state index contributed by atoms with van der Waals surface area (Å²) in [5, 5.41) is 17.4. The van der Waals surface area contributed by atoms with Gasteiger partial charge in [-0.1, -0.05) is 26.7 Å². The summed E-state index contributed by atoms with van der Waals surface area (Å²) < 4.78 is 4.53. The molecule has 0 spiro atoms. The summed E-state index contributed by atoms with van der Waals surface area (Å²) in [6.45, 7) is 8.04. The average Bonchev–Trinajstić information content (AvgIpc) is 2.48. The molecular formula is C14H26N4S2. The number of nitriles is 2. The minimum absolute atomic E-state index is 0.574. The number of hydrogen-bond donors (Lipinski definition) is 0. The monoisotopic (exact) mass is 314 g/mol. The SMILES string of the molecule is CCCCN(CCC#N)SSN(CCC#N)CCCC. The maximum absolute atomic E-state index is 8.71. The van der Waals surface area contributed by atoms with E-state index in [0.717, 1.165) is 39.0 Å². The Balaban J connectivity index is 4.13. The standard InChI is InChI=1S/C14H26N4S2/c1-3-5-11-17(13-7-9-15)19-20-18(12-6-4-2)14-8-10-16/h3-8,11-14H2,1-2H3. The van der Waals surface area contributed by atoms with Gasteiger partial charge in [-0.3, -0.25) is 0 Å². The molecule has 0 heterocycles. The van der Waals surface area contributed by atoms with Crippen molar-refractivity contribution in [3.63, 3.8) is 0 Å². The Morgan fingerprint density at radius 1 is 0.750 bits per heavy atom. The van der Waals surface area contributed by atoms with Gasteiger partial charge in [0.05, 0.1) is 12.1 Å². The van der Waals surface area contributed by atoms with Crippen LogP contribution in [-0.2, 0) is 0 Å². The molecule has 6 heteroatoms. The van der Waals surface area contributed by atoms with Crippen LogP contribution in [0.1, 0.15) is 52.4 Å². The fourth-order valence-corrected chi connectivity index (χ4v) is 3.87. The predicted molar refractivity (Wildman–Crippen MR) is 88.6 cm³/mol. The third-order valence-corrected chi connectivity index (χ3v) is 5.40. The number of rotatable bonds is 13. The summed E-state index contributed by atoms with van der Waals surface area (Å²) in [4.78, 5) is 0. The van der Waals surface area contributed by atoms with E-state index in [1.807, 2.05) is 0 Å². The quantitative estimate of drug-likeness (QED) is 0.374. The molecule has 0 bridgehead atoms. The first-order valence-electron chi connectivity index (χ1n) is 7.37. The van der Waals surface area contributed by atoms with E-state index in [2.05, 4.69) is 34.6 Å². The number of nitrogens with zero attached hydrogens (tertiary/aromatic N) is 4. The Kier molecular flexibility index (Phi) is 14.7. The molecule has 0 saturated heterocycles. The van der Waals surface area contributed by atoms with Gasteiger partial charge < -0.3 is 0 Å². The molecular weight excluding hydrogens is 288 g/mol. The predicted octanol–water partition coefficient (Wildman–Crippen LogP) is 4.23. The Bertz CT molecular complexity index is 269. The summed E-state index contributed by atoms with van der Waals surface area (Å²) in [5.41, 5.74) is 0. The molecule has 0 aliphatic rings. The van der Waals surface area contributed by atoms with E-state index in [1.165, 1.54) is 12.8 Å². The highest BCUT2D eigenvalue weighted by Gasteiger charge is 2.10. The Labute approximate surface area is 132 Å². The molecule has 0 aliphatic carbocycles. The molecule has 0 saturated carbocycles. The van der Waals surface area contributed by atoms with Crippen LogP contribution in [0.4, 0.5) is 0 Å². The van der Waals surface area contributed by atoms with Crippen LogP contribution in [0, 0.1) is 22.7 Å². The van der Waals surface area contributed by atoms with Crippen LogP contribution in [-0.4, -0.2) is 34.8 Å². The van der Waals surface area contributed by atoms with E-state index in [9.17, 15) is 0 Å². The van der Waals surface area contributed by atoms with Gasteiger partial charge in [-0.05, 0) is 12.8 Å². The van der Waals surface area contributed by atoms with Gasteiger partial charge in [0.15, 0.2) is 0 Å². The van der Waals surface area contributed by atoms with Crippen molar-refractivity contribution in [1.82, 2.24) is 8.61 Å². The lowest BCUT2D eigenvalue weighted by atomic mass is 10.3. The average molecular weight is 315 g/mol. The number of unbranched alkanes of at least 4 members (excludes halogenated alkanes) is 2. The number of hydrogen-bond acceptors (Lipinski definition) is 6. The molecule has 0 radical (unpaired) electrons. The lowest BCUT2D eigenvalue weighted by molar-refractivity contribution is 0.460. The highest BCUT2D eigenvalue weighted by molar-refractivity contribution is 8.74. The second kappa shape index (κ2) is 15.0. The van der Waals surface area contributed by atoms with Crippen molar-refractivity contribution in [3.8, 4) is 12.1 Å². The Morgan fingerprint density at radius 3 is 1.45 bits per heavy atom. The Hall–Kier alpha value is -0.400. The zero-order valence-corrected chi connectivity index (χ0v) is 14.3. The van der Waals surface area contributed by atoms with Crippen LogP contribution >= 0.6 is 22.0 Å². The fraction of sp³-hybridized carbons (Fsp3) is 0.857. The summed E-state index contributed by atoms with van der Waals surface area (Å²) in [6.07, 6.45) is 5.80. The summed E-state index contributed by atoms with van der Waals surface area (Å²) in [7, 11) is 3.45. The van der Waals surface area contributed by atoms with E-state index in [0.29, 0.717) is 12.8 Å². The van der Waals surface area contributed by atoms with Crippen LogP contribution in [0.2, 0.25) is 0 Å². The van der Waals surface area contributed by atoms with Gasteiger partial charge in [-0.25, -0.2) is 8.61 Å². The topological polar surface area (TPSA) is 54.1 Å². The molecule has 0 atom stereocenters. The van der Waals surface area contributed by atoms with Crippen LogP contribution in [0.25, 0.3) is 0 Å². The van der Waals surface area contributed by atoms with Gasteiger partial charge in [0.1, 0.15) is 0 Å². The molecule has 0 unspecified atom stereocenters. The minimum atomic E-state index is 0.574. The first kappa shape index (κ1) is 19.6. The first-order chi connectivity index (χ1) is 9.78. The summed E-state index contributed by atoms with van der Waals surface area (Å²) in [5.74, 6) is 0. The molecule has 0 amide bonds. The Morgan fingerprint density at radius 2 is 1.15 bits per heavy atom. The van der Waals surface area contributed by atoms with Crippen molar-refractivity contribution in [3.05, 3.63) is 0 Å². The summed E-state index contributed by atoms with van der Waals surface area (Å²) >= 11 is 0. The molecule has 0 N–H and O–H groups in total. The molecule has 114 valence electrons. The zero-order valence-electron chi connectivity index (χ0n) is 12.7. The van der Waals surface area contributed by atoms with Gasteiger partial charge in [-0.2, -0.15) is 10.5 Å². The molecule has 20 heavy (non-hydrogen) atoms. The lowest BCUT2D eigenvalue weighted by Gasteiger charge is -2.24. The highest BCUT2D eigenvalue weighted by atomic mass is 33.1. The minimum Gasteiger partial charge on any atom is -0.239 e. The van der Waals surface area contributed by atoms with Crippen molar-refractivity contribution in [2.24, 2.45) is 0 Å². The van der Waals surface area contributed by atoms with Crippen LogP contribution in [0.3, 0.4) is 0 Å². The van der Waals surface area contributed by atoms with E-state index >= 15 is 0 Å². The van der Waals surface area contributed by atoms with Crippen molar-refractivity contribution in [2.45, 2.75) is 52.4 Å². The molecule has 0 aromatic rings. The fourth-order valence-electron chi connectivity index (χ4n) is 1.49. The van der Waals surface area contributed by atoms with E-state index < -0.39 is 0 Å². The van der Waals surface area contributed by atoms with Gasteiger partial charge in [0, 0.05) is 61.0 Å². The first-order valence-corrected chi connectivity index (χ1v) is 9.43.